The van der Waals surface area contributed by atoms with Crippen molar-refractivity contribution in [1.82, 2.24) is 15.0 Å². The topological polar surface area (TPSA) is 221 Å². The van der Waals surface area contributed by atoms with Gasteiger partial charge in [-0.1, -0.05) is 43.3 Å². The fraction of sp³-hybridized carbons (Fsp3) is 0.467. The monoisotopic (exact) mass is 689 g/mol. The van der Waals surface area contributed by atoms with E-state index in [9.17, 15) is 27.9 Å². The number of β-lactam (4-membered cyclic amide) rings is 1. The van der Waals surface area contributed by atoms with Gasteiger partial charge in [0, 0.05) is 22.9 Å². The highest BCUT2D eigenvalue weighted by Gasteiger charge is 2.57. The summed E-state index contributed by atoms with van der Waals surface area (Å²) in [5, 5.41) is 16.4. The van der Waals surface area contributed by atoms with Crippen molar-refractivity contribution in [1.29, 1.82) is 0 Å². The molecule has 1 amide bonds. The van der Waals surface area contributed by atoms with Crippen LogP contribution in [-0.2, 0) is 40.3 Å². The van der Waals surface area contributed by atoms with Crippen LogP contribution in [0.3, 0.4) is 0 Å². The summed E-state index contributed by atoms with van der Waals surface area (Å²) in [6, 6.07) is 9.19. The van der Waals surface area contributed by atoms with Gasteiger partial charge in [-0.15, -0.1) is 15.6 Å². The molecule has 0 spiro atoms. The highest BCUT2D eigenvalue weighted by molar-refractivity contribution is 7.80. The molecule has 17 heteroatoms. The van der Waals surface area contributed by atoms with E-state index in [4.69, 9.17) is 24.8 Å². The molecule has 1 saturated carbocycles. The van der Waals surface area contributed by atoms with E-state index >= 15 is 0 Å². The average molecular weight is 690 g/mol. The molecule has 2 aliphatic rings. The third-order valence-corrected chi connectivity index (χ3v) is 9.36. The molecule has 1 aromatic carbocycles. The number of carboxylic acid groups (broad SMARTS) is 1. The van der Waals surface area contributed by atoms with Crippen LogP contribution in [0.1, 0.15) is 63.8 Å². The van der Waals surface area contributed by atoms with Crippen LogP contribution in [0.5, 0.6) is 5.75 Å². The number of amides is 1. The highest BCUT2D eigenvalue weighted by Crippen LogP contribution is 2.40. The number of hydrogen-bond donors (Lipinski definition) is 3. The lowest BCUT2D eigenvalue weighted by molar-refractivity contribution is -0.228. The number of carbonyl (C=O) groups excluding carboxylic acids is 2. The number of nitrogens with two attached hydrogens (primary N) is 1. The number of thiazole rings is 1. The minimum absolute atomic E-state index is 0.0111. The maximum absolute atomic E-state index is 13.4. The molecule has 3 heterocycles. The largest absolute Gasteiger partial charge is 0.489 e. The Morgan fingerprint density at radius 3 is 2.55 bits per heavy atom. The summed E-state index contributed by atoms with van der Waals surface area (Å²) in [7, 11) is -4.98. The number of anilines is 1. The normalized spacial score (nSPS) is 19.3. The predicted octanol–water partition coefficient (Wildman–Crippen LogP) is 3.58. The molecule has 5 rings (SSSR count). The molecule has 2 atom stereocenters. The number of carbonyl (C=O) groups is 3. The Labute approximate surface area is 274 Å². The summed E-state index contributed by atoms with van der Waals surface area (Å²) in [6.07, 6.45) is 5.09. The minimum Gasteiger partial charge on any atom is -0.489 e. The lowest BCUT2D eigenvalue weighted by atomic mass is 9.74. The number of hydroxylamine groups is 2. The molecule has 3 aromatic rings. The van der Waals surface area contributed by atoms with E-state index < -0.39 is 64.4 Å². The van der Waals surface area contributed by atoms with E-state index in [1.54, 1.807) is 18.2 Å². The van der Waals surface area contributed by atoms with Gasteiger partial charge in [0.15, 0.2) is 16.6 Å². The molecule has 1 aliphatic heterocycles. The SMILES string of the molecule is CC1(C)C(CC(=O)/C(=N\O[C@@H](COc2ccc3nc(CC4CCCCC4)ccc3c2)C(=O)O)c2csc(N)n2)C(=O)N1OS(=O)(=O)O. The van der Waals surface area contributed by atoms with Crippen LogP contribution in [0.4, 0.5) is 5.13 Å². The van der Waals surface area contributed by atoms with Crippen molar-refractivity contribution in [2.45, 2.75) is 70.4 Å². The third-order valence-electron chi connectivity index (χ3n) is 8.35. The van der Waals surface area contributed by atoms with Crippen molar-refractivity contribution < 1.29 is 46.3 Å². The number of ketones is 1. The van der Waals surface area contributed by atoms with Crippen molar-refractivity contribution in [2.75, 3.05) is 12.3 Å². The maximum Gasteiger partial charge on any atom is 0.418 e. The van der Waals surface area contributed by atoms with Crippen LogP contribution in [0.25, 0.3) is 10.9 Å². The summed E-state index contributed by atoms with van der Waals surface area (Å²) in [4.78, 5) is 52.1. The van der Waals surface area contributed by atoms with Gasteiger partial charge in [-0.05, 0) is 50.5 Å². The van der Waals surface area contributed by atoms with Crippen LogP contribution >= 0.6 is 11.3 Å². The van der Waals surface area contributed by atoms with Crippen LogP contribution in [0.15, 0.2) is 40.9 Å². The molecule has 1 saturated heterocycles. The summed E-state index contributed by atoms with van der Waals surface area (Å²) in [5.41, 5.74) is 5.85. The molecule has 1 unspecified atom stereocenters. The molecular weight excluding hydrogens is 654 g/mol. The van der Waals surface area contributed by atoms with Gasteiger partial charge in [-0.25, -0.2) is 9.78 Å². The van der Waals surface area contributed by atoms with Gasteiger partial charge in [0.05, 0.1) is 17.0 Å². The number of fused-ring (bicyclic) bond motifs is 1. The molecule has 47 heavy (non-hydrogen) atoms. The number of rotatable bonds is 14. The first-order valence-corrected chi connectivity index (χ1v) is 17.2. The standard InChI is InChI=1S/C30H35N5O10S2/c1-30(2)21(27(37)35(30)45-47(40,41)42)14-24(36)26(23-16-46-29(31)33-23)34-44-25(28(38)39)15-43-20-10-11-22-18(13-20)8-9-19(32-22)12-17-6-4-3-5-7-17/h8-11,13,16-17,21,25H,3-7,12,14-15H2,1-2H3,(H2,31,33)(H,38,39)(H,40,41,42)/b34-26-/t21?,25-/m0/s1. The number of benzene rings is 1. The summed E-state index contributed by atoms with van der Waals surface area (Å²) in [5.74, 6) is -3.08. The van der Waals surface area contributed by atoms with E-state index in [-0.39, 0.29) is 10.8 Å². The predicted molar refractivity (Wildman–Crippen MR) is 170 cm³/mol. The number of nitrogen functional groups attached to an aromatic ring is 1. The zero-order valence-corrected chi connectivity index (χ0v) is 27.3. The Kier molecular flexibility index (Phi) is 10.1. The Hall–Kier alpha value is -4.19. The van der Waals surface area contributed by atoms with E-state index in [1.165, 1.54) is 51.3 Å². The van der Waals surface area contributed by atoms with Gasteiger partial charge >= 0.3 is 16.4 Å². The van der Waals surface area contributed by atoms with Crippen LogP contribution < -0.4 is 10.5 Å². The number of oxime groups is 1. The van der Waals surface area contributed by atoms with Crippen LogP contribution in [0.2, 0.25) is 0 Å². The average Bonchev–Trinajstić information content (AvgIpc) is 3.45. The summed E-state index contributed by atoms with van der Waals surface area (Å²) >= 11 is 0.996. The van der Waals surface area contributed by atoms with Crippen LogP contribution in [-0.4, -0.2) is 74.7 Å². The summed E-state index contributed by atoms with van der Waals surface area (Å²) < 4.78 is 41.3. The fourth-order valence-electron chi connectivity index (χ4n) is 5.76. The molecule has 252 valence electrons. The Balaban J connectivity index is 1.26. The lowest BCUT2D eigenvalue weighted by Gasteiger charge is -2.50. The smallest absolute Gasteiger partial charge is 0.418 e. The third kappa shape index (κ3) is 8.22. The van der Waals surface area contributed by atoms with E-state index in [0.717, 1.165) is 34.4 Å². The molecule has 4 N–H and O–H groups in total. The van der Waals surface area contributed by atoms with Crippen molar-refractivity contribution in [3.63, 3.8) is 0 Å². The zero-order chi connectivity index (χ0) is 33.9. The zero-order valence-electron chi connectivity index (χ0n) is 25.7. The van der Waals surface area contributed by atoms with Crippen molar-refractivity contribution in [3.8, 4) is 5.75 Å². The first-order valence-electron chi connectivity index (χ1n) is 15.0. The Bertz CT molecular complexity index is 1800. The van der Waals surface area contributed by atoms with Gasteiger partial charge < -0.3 is 20.4 Å². The molecule has 15 nitrogen and oxygen atoms in total. The second-order valence-corrected chi connectivity index (χ2v) is 14.0. The second kappa shape index (κ2) is 13.9. The van der Waals surface area contributed by atoms with Crippen molar-refractivity contribution >= 4 is 61.1 Å². The highest BCUT2D eigenvalue weighted by atomic mass is 32.3. The molecule has 0 bridgehead atoms. The lowest BCUT2D eigenvalue weighted by Crippen LogP contribution is -2.68. The van der Waals surface area contributed by atoms with Gasteiger partial charge in [0.2, 0.25) is 0 Å². The van der Waals surface area contributed by atoms with Gasteiger partial charge in [0.1, 0.15) is 18.1 Å². The van der Waals surface area contributed by atoms with E-state index in [2.05, 4.69) is 14.4 Å². The number of hydrogen-bond acceptors (Lipinski definition) is 13. The maximum atomic E-state index is 13.4. The number of carboxylic acids is 1. The number of pyridine rings is 1. The molecule has 2 aromatic heterocycles. The molecular formula is C30H35N5O10S2. The van der Waals surface area contributed by atoms with Crippen molar-refractivity contribution in [2.24, 2.45) is 17.0 Å². The summed E-state index contributed by atoms with van der Waals surface area (Å²) in [6.45, 7) is 2.40. The minimum atomic E-state index is -4.98. The van der Waals surface area contributed by atoms with Crippen molar-refractivity contribution in [3.05, 3.63) is 47.1 Å². The quantitative estimate of drug-likeness (QED) is 0.0954. The number of aromatic nitrogens is 2. The Morgan fingerprint density at radius 2 is 1.91 bits per heavy atom. The first kappa shape index (κ1) is 34.2. The Morgan fingerprint density at radius 1 is 1.17 bits per heavy atom. The number of ether oxygens (including phenoxy) is 1. The second-order valence-electron chi connectivity index (χ2n) is 12.1. The molecule has 2 fully saturated rings. The molecule has 1 aliphatic carbocycles. The van der Waals surface area contributed by atoms with Crippen LogP contribution in [0, 0.1) is 11.8 Å². The number of nitrogens with zero attached hydrogens (tertiary/aromatic N) is 4. The number of aliphatic carboxylic acids is 1. The fourth-order valence-corrected chi connectivity index (χ4v) is 6.76. The van der Waals surface area contributed by atoms with E-state index in [0.29, 0.717) is 16.7 Å². The first-order chi connectivity index (χ1) is 22.2. The van der Waals surface area contributed by atoms with Gasteiger partial charge in [0.25, 0.3) is 12.0 Å². The van der Waals surface area contributed by atoms with Gasteiger partial charge in [-0.2, -0.15) is 13.5 Å². The van der Waals surface area contributed by atoms with Gasteiger partial charge in [-0.3, -0.25) is 19.1 Å². The molecule has 0 radical (unpaired) electrons. The van der Waals surface area contributed by atoms with E-state index in [1.807, 2.05) is 12.1 Å². The number of Topliss-reactive ketones (excluding diaryl/α,β-unsaturated/α-hetero) is 1.